The standard InChI is InChI=1S/C12H26N2O2/c1-15-10-8-13-6-4-7-14-11-12-5-2-3-9-16-12/h12-14H,2-11H2,1H3. The van der Waals surface area contributed by atoms with Crippen LogP contribution < -0.4 is 10.6 Å². The van der Waals surface area contributed by atoms with Gasteiger partial charge < -0.3 is 20.1 Å². The predicted octanol–water partition coefficient (Wildman–Crippen LogP) is 0.771. The van der Waals surface area contributed by atoms with Crippen molar-refractivity contribution in [2.24, 2.45) is 0 Å². The highest BCUT2D eigenvalue weighted by Crippen LogP contribution is 2.11. The average Bonchev–Trinajstić information content (AvgIpc) is 2.34. The second-order valence-corrected chi connectivity index (χ2v) is 4.29. The molecule has 1 unspecified atom stereocenters. The maximum atomic E-state index is 5.64. The molecule has 16 heavy (non-hydrogen) atoms. The van der Waals surface area contributed by atoms with Gasteiger partial charge in [-0.1, -0.05) is 0 Å². The Morgan fingerprint density at radius 2 is 2.06 bits per heavy atom. The predicted molar refractivity (Wildman–Crippen MR) is 65.8 cm³/mol. The lowest BCUT2D eigenvalue weighted by Crippen LogP contribution is -2.33. The van der Waals surface area contributed by atoms with Crippen LogP contribution in [0.1, 0.15) is 25.7 Å². The summed E-state index contributed by atoms with van der Waals surface area (Å²) in [5.74, 6) is 0. The van der Waals surface area contributed by atoms with Crippen molar-refractivity contribution in [2.45, 2.75) is 31.8 Å². The molecule has 1 aliphatic heterocycles. The fourth-order valence-corrected chi connectivity index (χ4v) is 1.87. The molecule has 1 aliphatic rings. The molecule has 2 N–H and O–H groups in total. The summed E-state index contributed by atoms with van der Waals surface area (Å²) in [4.78, 5) is 0. The van der Waals surface area contributed by atoms with E-state index in [-0.39, 0.29) is 0 Å². The third-order valence-corrected chi connectivity index (χ3v) is 2.84. The van der Waals surface area contributed by atoms with Crippen molar-refractivity contribution < 1.29 is 9.47 Å². The Labute approximate surface area is 99.1 Å². The Bertz CT molecular complexity index is 150. The second kappa shape index (κ2) is 10.0. The third-order valence-electron chi connectivity index (χ3n) is 2.84. The van der Waals surface area contributed by atoms with Crippen molar-refractivity contribution in [1.29, 1.82) is 0 Å². The van der Waals surface area contributed by atoms with Gasteiger partial charge >= 0.3 is 0 Å². The van der Waals surface area contributed by atoms with E-state index < -0.39 is 0 Å². The van der Waals surface area contributed by atoms with Crippen molar-refractivity contribution in [3.05, 3.63) is 0 Å². The minimum absolute atomic E-state index is 0.454. The summed E-state index contributed by atoms with van der Waals surface area (Å²) < 4.78 is 10.6. The molecule has 0 spiro atoms. The third kappa shape index (κ3) is 7.17. The number of nitrogens with one attached hydrogen (secondary N) is 2. The van der Waals surface area contributed by atoms with E-state index in [2.05, 4.69) is 10.6 Å². The molecular formula is C12H26N2O2. The van der Waals surface area contributed by atoms with Crippen LogP contribution in [-0.2, 0) is 9.47 Å². The fourth-order valence-electron chi connectivity index (χ4n) is 1.87. The van der Waals surface area contributed by atoms with Crippen LogP contribution in [0.3, 0.4) is 0 Å². The Balaban J connectivity index is 1.77. The summed E-state index contributed by atoms with van der Waals surface area (Å²) in [6.45, 7) is 5.83. The monoisotopic (exact) mass is 230 g/mol. The van der Waals surface area contributed by atoms with Crippen molar-refractivity contribution in [2.75, 3.05) is 46.5 Å². The Hall–Kier alpha value is -0.160. The largest absolute Gasteiger partial charge is 0.383 e. The highest BCUT2D eigenvalue weighted by Gasteiger charge is 2.12. The first-order chi connectivity index (χ1) is 7.93. The maximum absolute atomic E-state index is 5.64. The lowest BCUT2D eigenvalue weighted by Gasteiger charge is -2.22. The van der Waals surface area contributed by atoms with E-state index >= 15 is 0 Å². The minimum atomic E-state index is 0.454. The molecule has 1 saturated heterocycles. The molecule has 1 fully saturated rings. The number of rotatable bonds is 9. The van der Waals surface area contributed by atoms with Gasteiger partial charge in [-0.2, -0.15) is 0 Å². The first-order valence-electron chi connectivity index (χ1n) is 6.45. The molecule has 0 saturated carbocycles. The molecule has 0 bridgehead atoms. The first-order valence-corrected chi connectivity index (χ1v) is 6.45. The van der Waals surface area contributed by atoms with Gasteiger partial charge in [0.1, 0.15) is 0 Å². The Morgan fingerprint density at radius 1 is 1.19 bits per heavy atom. The van der Waals surface area contributed by atoms with E-state index in [0.29, 0.717) is 6.10 Å². The van der Waals surface area contributed by atoms with E-state index in [4.69, 9.17) is 9.47 Å². The lowest BCUT2D eigenvalue weighted by atomic mass is 10.1. The lowest BCUT2D eigenvalue weighted by molar-refractivity contribution is 0.0170. The van der Waals surface area contributed by atoms with E-state index in [0.717, 1.165) is 45.8 Å². The molecule has 0 aromatic heterocycles. The smallest absolute Gasteiger partial charge is 0.0699 e. The van der Waals surface area contributed by atoms with Gasteiger partial charge in [0.15, 0.2) is 0 Å². The Morgan fingerprint density at radius 3 is 2.81 bits per heavy atom. The second-order valence-electron chi connectivity index (χ2n) is 4.29. The van der Waals surface area contributed by atoms with Crippen LogP contribution in [0.15, 0.2) is 0 Å². The SMILES string of the molecule is COCCNCCCNCC1CCCCO1. The van der Waals surface area contributed by atoms with E-state index in [9.17, 15) is 0 Å². The quantitative estimate of drug-likeness (QED) is 0.574. The molecule has 1 heterocycles. The van der Waals surface area contributed by atoms with Gasteiger partial charge in [0.2, 0.25) is 0 Å². The number of ether oxygens (including phenoxy) is 2. The summed E-state index contributed by atoms with van der Waals surface area (Å²) in [5.41, 5.74) is 0. The molecule has 1 atom stereocenters. The Kier molecular flexibility index (Phi) is 8.71. The van der Waals surface area contributed by atoms with E-state index in [1.54, 1.807) is 7.11 Å². The van der Waals surface area contributed by atoms with Gasteiger partial charge in [0.25, 0.3) is 0 Å². The van der Waals surface area contributed by atoms with Crippen LogP contribution in [0, 0.1) is 0 Å². The number of hydrogen-bond donors (Lipinski definition) is 2. The zero-order valence-corrected chi connectivity index (χ0v) is 10.5. The van der Waals surface area contributed by atoms with Crippen molar-refractivity contribution in [1.82, 2.24) is 10.6 Å². The maximum Gasteiger partial charge on any atom is 0.0699 e. The highest BCUT2D eigenvalue weighted by molar-refractivity contribution is 4.66. The van der Waals surface area contributed by atoms with Crippen LogP contribution in [0.2, 0.25) is 0 Å². The van der Waals surface area contributed by atoms with Gasteiger partial charge in [0, 0.05) is 26.8 Å². The fraction of sp³-hybridized carbons (Fsp3) is 1.00. The number of methoxy groups -OCH3 is 1. The molecule has 0 aromatic rings. The van der Waals surface area contributed by atoms with Gasteiger partial charge in [-0.15, -0.1) is 0 Å². The summed E-state index contributed by atoms with van der Waals surface area (Å²) >= 11 is 0. The van der Waals surface area contributed by atoms with Crippen molar-refractivity contribution in [3.8, 4) is 0 Å². The first kappa shape index (κ1) is 13.9. The van der Waals surface area contributed by atoms with Crippen molar-refractivity contribution in [3.63, 3.8) is 0 Å². The highest BCUT2D eigenvalue weighted by atomic mass is 16.5. The van der Waals surface area contributed by atoms with Crippen LogP contribution in [0.4, 0.5) is 0 Å². The average molecular weight is 230 g/mol. The van der Waals surface area contributed by atoms with Crippen LogP contribution in [0.25, 0.3) is 0 Å². The van der Waals surface area contributed by atoms with Gasteiger partial charge in [-0.3, -0.25) is 0 Å². The molecule has 4 heteroatoms. The van der Waals surface area contributed by atoms with Gasteiger partial charge in [0.05, 0.1) is 12.7 Å². The number of hydrogen-bond acceptors (Lipinski definition) is 4. The molecule has 1 rings (SSSR count). The van der Waals surface area contributed by atoms with Crippen LogP contribution >= 0.6 is 0 Å². The van der Waals surface area contributed by atoms with Crippen molar-refractivity contribution >= 4 is 0 Å². The summed E-state index contributed by atoms with van der Waals surface area (Å²) in [7, 11) is 1.73. The van der Waals surface area contributed by atoms with E-state index in [1.807, 2.05) is 0 Å². The van der Waals surface area contributed by atoms with Crippen LogP contribution in [-0.4, -0.2) is 52.6 Å². The minimum Gasteiger partial charge on any atom is -0.383 e. The van der Waals surface area contributed by atoms with Gasteiger partial charge in [-0.25, -0.2) is 0 Å². The summed E-state index contributed by atoms with van der Waals surface area (Å²) in [5, 5.41) is 6.78. The van der Waals surface area contributed by atoms with Gasteiger partial charge in [-0.05, 0) is 38.8 Å². The molecule has 0 radical (unpaired) electrons. The molecule has 0 aliphatic carbocycles. The molecular weight excluding hydrogens is 204 g/mol. The normalized spacial score (nSPS) is 21.2. The van der Waals surface area contributed by atoms with Crippen LogP contribution in [0.5, 0.6) is 0 Å². The topological polar surface area (TPSA) is 42.5 Å². The molecule has 96 valence electrons. The summed E-state index contributed by atoms with van der Waals surface area (Å²) in [6.07, 6.45) is 5.40. The van der Waals surface area contributed by atoms with E-state index in [1.165, 1.54) is 19.3 Å². The zero-order valence-electron chi connectivity index (χ0n) is 10.5. The molecule has 0 aromatic carbocycles. The molecule has 0 amide bonds. The zero-order chi connectivity index (χ0) is 11.5. The molecule has 4 nitrogen and oxygen atoms in total. The summed E-state index contributed by atoms with van der Waals surface area (Å²) in [6, 6.07) is 0.